The number of carbonyl (C=O) groups excluding carboxylic acids is 1. The molecule has 19 heavy (non-hydrogen) atoms. The molecule has 0 aromatic heterocycles. The van der Waals surface area contributed by atoms with Crippen LogP contribution in [-0.2, 0) is 4.79 Å². The van der Waals surface area contributed by atoms with Crippen LogP contribution in [0, 0.1) is 0 Å². The summed E-state index contributed by atoms with van der Waals surface area (Å²) in [5.74, 6) is 0. The molecule has 0 aromatic rings. The zero-order valence-electron chi connectivity index (χ0n) is 12.0. The van der Waals surface area contributed by atoms with Gasteiger partial charge in [-0.2, -0.15) is 0 Å². The number of hydrogen-bond donors (Lipinski definition) is 0. The molecule has 0 N–H and O–H groups in total. The quantitative estimate of drug-likeness (QED) is 0.212. The number of hydrogen-bond acceptors (Lipinski definition) is 1. The first kappa shape index (κ1) is 17.4. The molecule has 0 radical (unpaired) electrons. The van der Waals surface area contributed by atoms with Gasteiger partial charge in [0.25, 0.3) is 0 Å². The first-order valence-electron chi connectivity index (χ1n) is 7.12. The van der Waals surface area contributed by atoms with Crippen LogP contribution < -0.4 is 0 Å². The molecule has 0 saturated heterocycles. The highest BCUT2D eigenvalue weighted by molar-refractivity contribution is 5.64. The van der Waals surface area contributed by atoms with E-state index < -0.39 is 0 Å². The van der Waals surface area contributed by atoms with Crippen LogP contribution in [0.2, 0.25) is 0 Å². The van der Waals surface area contributed by atoms with Crippen LogP contribution in [-0.4, -0.2) is 6.29 Å². The van der Waals surface area contributed by atoms with Gasteiger partial charge in [-0.25, -0.2) is 0 Å². The van der Waals surface area contributed by atoms with E-state index in [0.29, 0.717) is 0 Å². The van der Waals surface area contributed by atoms with Crippen LogP contribution in [0.25, 0.3) is 0 Å². The van der Waals surface area contributed by atoms with E-state index >= 15 is 0 Å². The second-order valence-electron chi connectivity index (χ2n) is 4.14. The van der Waals surface area contributed by atoms with Crippen molar-refractivity contribution in [2.24, 2.45) is 0 Å². The molecule has 0 amide bonds. The lowest BCUT2D eigenvalue weighted by molar-refractivity contribution is -0.104. The van der Waals surface area contributed by atoms with Crippen molar-refractivity contribution in [1.82, 2.24) is 0 Å². The van der Waals surface area contributed by atoms with E-state index in [1.807, 2.05) is 6.08 Å². The number of unbranched alkanes of at least 4 members (excludes halogenated alkanes) is 1. The van der Waals surface area contributed by atoms with E-state index in [1.54, 1.807) is 6.08 Å². The van der Waals surface area contributed by atoms with Gasteiger partial charge >= 0.3 is 0 Å². The minimum atomic E-state index is 0.817. The monoisotopic (exact) mass is 258 g/mol. The van der Waals surface area contributed by atoms with Gasteiger partial charge in [0.15, 0.2) is 0 Å². The third kappa shape index (κ3) is 16.4. The molecule has 1 nitrogen and oxygen atoms in total. The Morgan fingerprint density at radius 2 is 1.11 bits per heavy atom. The van der Waals surface area contributed by atoms with Crippen LogP contribution in [0.5, 0.6) is 0 Å². The summed E-state index contributed by atoms with van der Waals surface area (Å²) < 4.78 is 0. The summed E-state index contributed by atoms with van der Waals surface area (Å²) in [7, 11) is 0. The van der Waals surface area contributed by atoms with Gasteiger partial charge in [0.1, 0.15) is 6.29 Å². The number of carbonyl (C=O) groups is 1. The van der Waals surface area contributed by atoms with Crippen LogP contribution in [0.1, 0.15) is 45.4 Å². The Kier molecular flexibility index (Phi) is 15.0. The second kappa shape index (κ2) is 16.4. The summed E-state index contributed by atoms with van der Waals surface area (Å²) in [6.45, 7) is 2.15. The molecule has 104 valence electrons. The molecule has 0 rings (SSSR count). The standard InChI is InChI=1S/C18H26O/c1-2-3-4-5-6-7-8-9-10-11-12-13-14-15-16-17-18-19/h3-4,6-7,9-10,12-13,16-18H,2,5,8,11,14-15H2,1H3. The molecule has 0 fully saturated rings. The van der Waals surface area contributed by atoms with Gasteiger partial charge in [-0.05, 0) is 44.6 Å². The lowest BCUT2D eigenvalue weighted by Gasteiger charge is -1.86. The van der Waals surface area contributed by atoms with Gasteiger partial charge in [-0.1, -0.05) is 61.6 Å². The van der Waals surface area contributed by atoms with E-state index in [4.69, 9.17) is 0 Å². The van der Waals surface area contributed by atoms with Crippen molar-refractivity contribution < 1.29 is 4.79 Å². The normalized spacial score (nSPS) is 12.9. The van der Waals surface area contributed by atoms with E-state index in [-0.39, 0.29) is 0 Å². The lowest BCUT2D eigenvalue weighted by atomic mass is 10.2. The fourth-order valence-electron chi connectivity index (χ4n) is 1.44. The van der Waals surface area contributed by atoms with Gasteiger partial charge < -0.3 is 0 Å². The average molecular weight is 258 g/mol. The van der Waals surface area contributed by atoms with E-state index in [0.717, 1.165) is 44.8 Å². The Bertz CT molecular complexity index is 330. The van der Waals surface area contributed by atoms with Gasteiger partial charge in [0.05, 0.1) is 0 Å². The van der Waals surface area contributed by atoms with Crippen molar-refractivity contribution in [3.63, 3.8) is 0 Å². The fraction of sp³-hybridized carbons (Fsp3) is 0.389. The van der Waals surface area contributed by atoms with Crippen molar-refractivity contribution >= 4 is 6.29 Å². The number of aldehydes is 1. The first-order valence-corrected chi connectivity index (χ1v) is 7.12. The predicted molar refractivity (Wildman–Crippen MR) is 85.1 cm³/mol. The lowest BCUT2D eigenvalue weighted by Crippen LogP contribution is -1.67. The largest absolute Gasteiger partial charge is 0.299 e. The van der Waals surface area contributed by atoms with Crippen LogP contribution in [0.15, 0.2) is 60.8 Å². The minimum Gasteiger partial charge on any atom is -0.299 e. The van der Waals surface area contributed by atoms with Crippen molar-refractivity contribution in [2.45, 2.75) is 45.4 Å². The average Bonchev–Trinajstić information content (AvgIpc) is 2.43. The van der Waals surface area contributed by atoms with Crippen LogP contribution >= 0.6 is 0 Å². The van der Waals surface area contributed by atoms with Crippen molar-refractivity contribution in [2.75, 3.05) is 0 Å². The molecule has 0 aliphatic heterocycles. The molecular weight excluding hydrogens is 232 g/mol. The summed E-state index contributed by atoms with van der Waals surface area (Å²) in [6.07, 6.45) is 27.8. The zero-order valence-corrected chi connectivity index (χ0v) is 12.0. The summed E-state index contributed by atoms with van der Waals surface area (Å²) in [6, 6.07) is 0. The fourth-order valence-corrected chi connectivity index (χ4v) is 1.44. The predicted octanol–water partition coefficient (Wildman–Crippen LogP) is 5.33. The summed E-state index contributed by atoms with van der Waals surface area (Å²) >= 11 is 0. The van der Waals surface area contributed by atoms with Crippen molar-refractivity contribution in [3.05, 3.63) is 60.8 Å². The molecule has 0 atom stereocenters. The van der Waals surface area contributed by atoms with Gasteiger partial charge in [-0.3, -0.25) is 4.79 Å². The molecule has 0 heterocycles. The topological polar surface area (TPSA) is 17.1 Å². The molecule has 0 aliphatic carbocycles. The number of rotatable bonds is 11. The van der Waals surface area contributed by atoms with Gasteiger partial charge in [0.2, 0.25) is 0 Å². The van der Waals surface area contributed by atoms with E-state index in [2.05, 4.69) is 55.5 Å². The Morgan fingerprint density at radius 1 is 0.632 bits per heavy atom. The molecule has 0 saturated carbocycles. The molecular formula is C18H26O. The highest BCUT2D eigenvalue weighted by Crippen LogP contribution is 1.96. The SMILES string of the molecule is CCC=CCC=CCC=CCC=CCCC=CC=O. The van der Waals surface area contributed by atoms with E-state index in [9.17, 15) is 4.79 Å². The maximum atomic E-state index is 10.0. The van der Waals surface area contributed by atoms with Crippen LogP contribution in [0.3, 0.4) is 0 Å². The molecule has 1 heteroatoms. The first-order chi connectivity index (χ1) is 9.41. The van der Waals surface area contributed by atoms with Gasteiger partial charge in [-0.15, -0.1) is 0 Å². The second-order valence-corrected chi connectivity index (χ2v) is 4.14. The Morgan fingerprint density at radius 3 is 1.63 bits per heavy atom. The molecule has 0 unspecified atom stereocenters. The Labute approximate surface area is 118 Å². The van der Waals surface area contributed by atoms with E-state index in [1.165, 1.54) is 0 Å². The summed E-state index contributed by atoms with van der Waals surface area (Å²) in [5.41, 5.74) is 0. The summed E-state index contributed by atoms with van der Waals surface area (Å²) in [4.78, 5) is 10.0. The number of allylic oxidation sites excluding steroid dienone is 10. The Balaban J connectivity index is 3.42. The third-order valence-electron chi connectivity index (χ3n) is 2.43. The maximum Gasteiger partial charge on any atom is 0.142 e. The van der Waals surface area contributed by atoms with Gasteiger partial charge in [0, 0.05) is 0 Å². The highest BCUT2D eigenvalue weighted by atomic mass is 16.1. The minimum absolute atomic E-state index is 0.817. The highest BCUT2D eigenvalue weighted by Gasteiger charge is 1.77. The molecule has 0 spiro atoms. The van der Waals surface area contributed by atoms with Crippen molar-refractivity contribution in [3.8, 4) is 0 Å². The van der Waals surface area contributed by atoms with Crippen LogP contribution in [0.4, 0.5) is 0 Å². The smallest absolute Gasteiger partial charge is 0.142 e. The molecule has 0 aromatic carbocycles. The zero-order chi connectivity index (χ0) is 14.0. The molecule has 0 bridgehead atoms. The Hall–Kier alpha value is -1.63. The molecule has 0 aliphatic rings. The third-order valence-corrected chi connectivity index (χ3v) is 2.43. The summed E-state index contributed by atoms with van der Waals surface area (Å²) in [5, 5.41) is 0. The maximum absolute atomic E-state index is 10.0. The van der Waals surface area contributed by atoms with Crippen molar-refractivity contribution in [1.29, 1.82) is 0 Å².